The summed E-state index contributed by atoms with van der Waals surface area (Å²) in [6.45, 7) is 2.05. The van der Waals surface area contributed by atoms with E-state index < -0.39 is 83.7 Å². The number of nitrogen functional groups attached to an aromatic ring is 1. The number of anilines is 1. The fourth-order valence-corrected chi connectivity index (χ4v) is 9.80. The summed E-state index contributed by atoms with van der Waals surface area (Å²) in [7, 11) is -10.9. The van der Waals surface area contributed by atoms with Crippen LogP contribution in [0.2, 0.25) is 0 Å². The highest BCUT2D eigenvalue weighted by molar-refractivity contribution is 7.61. The molecule has 21 heteroatoms. The number of epoxide rings is 1. The van der Waals surface area contributed by atoms with Crippen molar-refractivity contribution in [2.24, 2.45) is 0 Å². The molecule has 0 aliphatic carbocycles. The van der Waals surface area contributed by atoms with Crippen LogP contribution < -0.4 is 11.4 Å². The van der Waals surface area contributed by atoms with Crippen molar-refractivity contribution in [3.05, 3.63) is 71.4 Å². The monoisotopic (exact) mass is 1040 g/mol. The Bertz CT molecular complexity index is 1950. The average molecular weight is 1040 g/mol. The number of rotatable bonds is 41. The standard InChI is InChI=1S/C50H83N3O16P2/c1-3-5-7-9-11-12-13-14-15-16-17-18-19-20-21-25-30-34-46(55)66-40(37-63-45(54)33-29-26-22-24-28-32-42-41(67-42)31-27-23-10-8-6-4-2)38-64-70(59,60)69-71(61,62)65-39-43-47(56)48(57)49(68-43)53-36-35-44(51)52-50(53)58/h14-15,17-18,20-21,23,27,35-36,40-43,47-49,56-57H,3-13,16,19,22,24-26,28-34,37-39H2,1-2H3,(H,59,60)(H,61,62)(H2,51,52,58)/b15-14-,18-17-,21-20-,27-23-/t40-,41?,42?,43-,47-,48-,49-/m1/s1. The highest BCUT2D eigenvalue weighted by atomic mass is 31.3. The number of aliphatic hydroxyl groups is 2. The lowest BCUT2D eigenvalue weighted by Gasteiger charge is -2.21. The Kier molecular flexibility index (Phi) is 31.2. The van der Waals surface area contributed by atoms with E-state index in [1.54, 1.807) is 0 Å². The number of phosphoric acid groups is 2. The number of aromatic nitrogens is 2. The Labute approximate surface area is 420 Å². The molecule has 6 N–H and O–H groups in total. The number of nitrogens with zero attached hydrogens (tertiary/aromatic N) is 2. The molecule has 2 fully saturated rings. The molecule has 0 amide bonds. The molecule has 1 aromatic rings. The molecule has 71 heavy (non-hydrogen) atoms. The molecule has 9 atom stereocenters. The highest BCUT2D eigenvalue weighted by Gasteiger charge is 2.46. The SMILES string of the molecule is CCCCC/C=C\CC1OC1CCCCCCCC(=O)OC[C@H](COP(=O)(O)OP(=O)(O)OC[C@H]1O[C@@H](n2ccc(N)nc2=O)[C@H](O)[C@@H]1O)OC(=O)CCC/C=C\C/C=C\C/C=C\CCCCCCCC. The fraction of sp³-hybridized carbons (Fsp3) is 0.720. The van der Waals surface area contributed by atoms with Gasteiger partial charge in [0.25, 0.3) is 0 Å². The molecular weight excluding hydrogens is 961 g/mol. The third-order valence-electron chi connectivity index (χ3n) is 11.8. The first-order valence-electron chi connectivity index (χ1n) is 25.8. The van der Waals surface area contributed by atoms with Gasteiger partial charge in [0.2, 0.25) is 0 Å². The summed E-state index contributed by atoms with van der Waals surface area (Å²) >= 11 is 0. The molecule has 4 unspecified atom stereocenters. The fourth-order valence-electron chi connectivity index (χ4n) is 7.69. The Hall–Kier alpha value is -3.32. The smallest absolute Gasteiger partial charge is 0.462 e. The van der Waals surface area contributed by atoms with Crippen molar-refractivity contribution < 1.29 is 71.0 Å². The molecule has 3 heterocycles. The molecule has 0 saturated carbocycles. The minimum absolute atomic E-state index is 0.0290. The lowest BCUT2D eigenvalue weighted by molar-refractivity contribution is -0.161. The van der Waals surface area contributed by atoms with E-state index in [0.29, 0.717) is 31.5 Å². The topological polar surface area (TPSA) is 278 Å². The zero-order chi connectivity index (χ0) is 51.7. The summed E-state index contributed by atoms with van der Waals surface area (Å²) in [5.41, 5.74) is 4.58. The van der Waals surface area contributed by atoms with Crippen LogP contribution in [-0.2, 0) is 51.0 Å². The average Bonchev–Trinajstić information content (AvgIpc) is 4.02. The van der Waals surface area contributed by atoms with E-state index in [2.05, 4.69) is 59.6 Å². The molecule has 0 radical (unpaired) electrons. The van der Waals surface area contributed by atoms with Crippen molar-refractivity contribution in [2.45, 2.75) is 211 Å². The van der Waals surface area contributed by atoms with Gasteiger partial charge in [-0.3, -0.25) is 23.2 Å². The number of allylic oxidation sites excluding steroid dienone is 7. The summed E-state index contributed by atoms with van der Waals surface area (Å²) in [6, 6.07) is 1.24. The minimum atomic E-state index is -5.44. The molecule has 3 rings (SSSR count). The van der Waals surface area contributed by atoms with Crippen molar-refractivity contribution in [1.29, 1.82) is 0 Å². The van der Waals surface area contributed by atoms with Crippen molar-refractivity contribution in [1.82, 2.24) is 9.55 Å². The number of aliphatic hydroxyl groups excluding tert-OH is 2. The number of ether oxygens (including phenoxy) is 4. The second-order valence-electron chi connectivity index (χ2n) is 18.1. The number of nitrogens with two attached hydrogens (primary N) is 1. The van der Waals surface area contributed by atoms with Gasteiger partial charge in [0.1, 0.15) is 30.7 Å². The van der Waals surface area contributed by atoms with Crippen LogP contribution in [0.4, 0.5) is 5.82 Å². The number of hydrogen-bond donors (Lipinski definition) is 5. The van der Waals surface area contributed by atoms with E-state index in [0.717, 1.165) is 75.0 Å². The number of phosphoric ester groups is 2. The Morgan fingerprint density at radius 3 is 1.99 bits per heavy atom. The molecule has 404 valence electrons. The lowest BCUT2D eigenvalue weighted by atomic mass is 10.1. The van der Waals surface area contributed by atoms with Crippen LogP contribution in [0, 0.1) is 0 Å². The van der Waals surface area contributed by atoms with Gasteiger partial charge in [0.15, 0.2) is 12.3 Å². The molecule has 0 spiro atoms. The summed E-state index contributed by atoms with van der Waals surface area (Å²) in [4.78, 5) is 61.9. The number of carbonyl (C=O) groups is 2. The maximum Gasteiger partial charge on any atom is 0.481 e. The number of unbranched alkanes of at least 4 members (excludes halogenated alkanes) is 14. The van der Waals surface area contributed by atoms with Crippen molar-refractivity contribution in [2.75, 3.05) is 25.6 Å². The summed E-state index contributed by atoms with van der Waals surface area (Å²) in [6.07, 6.45) is 33.6. The predicted octanol–water partition coefficient (Wildman–Crippen LogP) is 9.54. The van der Waals surface area contributed by atoms with Gasteiger partial charge < -0.3 is 44.7 Å². The number of carbonyl (C=O) groups excluding carboxylic acids is 2. The van der Waals surface area contributed by atoms with Gasteiger partial charge in [-0.25, -0.2) is 13.9 Å². The van der Waals surface area contributed by atoms with Crippen molar-refractivity contribution >= 4 is 33.4 Å². The minimum Gasteiger partial charge on any atom is -0.462 e. The zero-order valence-electron chi connectivity index (χ0n) is 42.0. The highest BCUT2D eigenvalue weighted by Crippen LogP contribution is 2.60. The first kappa shape index (κ1) is 62.0. The van der Waals surface area contributed by atoms with Crippen LogP contribution in [0.5, 0.6) is 0 Å². The van der Waals surface area contributed by atoms with E-state index in [1.807, 2.05) is 12.2 Å². The number of hydrogen-bond acceptors (Lipinski definition) is 16. The van der Waals surface area contributed by atoms with Crippen LogP contribution in [0.1, 0.15) is 174 Å². The summed E-state index contributed by atoms with van der Waals surface area (Å²) < 4.78 is 62.5. The van der Waals surface area contributed by atoms with Gasteiger partial charge in [-0.05, 0) is 76.7 Å². The first-order valence-corrected chi connectivity index (χ1v) is 28.8. The van der Waals surface area contributed by atoms with Crippen LogP contribution in [0.3, 0.4) is 0 Å². The molecule has 19 nitrogen and oxygen atoms in total. The van der Waals surface area contributed by atoms with Gasteiger partial charge >= 0.3 is 33.3 Å². The van der Waals surface area contributed by atoms with E-state index >= 15 is 0 Å². The van der Waals surface area contributed by atoms with E-state index in [4.69, 9.17) is 33.7 Å². The molecule has 2 aliphatic rings. The van der Waals surface area contributed by atoms with E-state index in [1.165, 1.54) is 63.9 Å². The Morgan fingerprint density at radius 2 is 1.28 bits per heavy atom. The second kappa shape index (κ2) is 35.8. The summed E-state index contributed by atoms with van der Waals surface area (Å²) in [5, 5.41) is 20.9. The normalized spacial score (nSPS) is 22.4. The van der Waals surface area contributed by atoms with E-state index in [9.17, 15) is 43.5 Å². The summed E-state index contributed by atoms with van der Waals surface area (Å²) in [5.74, 6) is -1.38. The number of esters is 2. The van der Waals surface area contributed by atoms with Gasteiger partial charge in [0.05, 0.1) is 25.4 Å². The predicted molar refractivity (Wildman–Crippen MR) is 270 cm³/mol. The molecule has 2 saturated heterocycles. The Balaban J connectivity index is 1.42. The van der Waals surface area contributed by atoms with Crippen LogP contribution >= 0.6 is 15.6 Å². The molecule has 0 aromatic carbocycles. The Morgan fingerprint density at radius 1 is 0.704 bits per heavy atom. The maximum atomic E-state index is 12.9. The van der Waals surface area contributed by atoms with Gasteiger partial charge in [0, 0.05) is 19.0 Å². The van der Waals surface area contributed by atoms with Crippen molar-refractivity contribution in [3.63, 3.8) is 0 Å². The van der Waals surface area contributed by atoms with Crippen molar-refractivity contribution in [3.8, 4) is 0 Å². The van der Waals surface area contributed by atoms with Crippen LogP contribution in [0.25, 0.3) is 0 Å². The quantitative estimate of drug-likeness (QED) is 0.0134. The van der Waals surface area contributed by atoms with Crippen LogP contribution in [-0.4, -0.2) is 97.9 Å². The molecular formula is C50H83N3O16P2. The molecule has 0 bridgehead atoms. The first-order chi connectivity index (χ1) is 34.1. The lowest BCUT2D eigenvalue weighted by Crippen LogP contribution is -2.36. The van der Waals surface area contributed by atoms with Gasteiger partial charge in [-0.2, -0.15) is 9.29 Å². The third kappa shape index (κ3) is 28.1. The van der Waals surface area contributed by atoms with Crippen LogP contribution in [0.15, 0.2) is 65.7 Å². The molecule has 2 aliphatic heterocycles. The van der Waals surface area contributed by atoms with Gasteiger partial charge in [-0.1, -0.05) is 133 Å². The van der Waals surface area contributed by atoms with Gasteiger partial charge in [-0.15, -0.1) is 0 Å². The largest absolute Gasteiger partial charge is 0.481 e. The van der Waals surface area contributed by atoms with E-state index in [-0.39, 0.29) is 18.7 Å². The molecule has 1 aromatic heterocycles. The zero-order valence-corrected chi connectivity index (χ0v) is 43.7. The third-order valence-corrected chi connectivity index (χ3v) is 14.4. The second-order valence-corrected chi connectivity index (χ2v) is 21.1. The maximum absolute atomic E-state index is 12.9.